The Kier molecular flexibility index (Phi) is 2.90. The van der Waals surface area contributed by atoms with Crippen LogP contribution in [0.25, 0.3) is 11.0 Å². The Morgan fingerprint density at radius 1 is 1.35 bits per heavy atom. The minimum absolute atomic E-state index is 0.206. The number of carbonyl (C=O) groups is 1. The molecule has 8 heteroatoms. The van der Waals surface area contributed by atoms with Crippen LogP contribution in [0.4, 0.5) is 0 Å². The van der Waals surface area contributed by atoms with Crippen LogP contribution in [0.5, 0.6) is 0 Å². The zero-order chi connectivity index (χ0) is 14.1. The van der Waals surface area contributed by atoms with Crippen LogP contribution in [-0.2, 0) is 13.1 Å². The molecule has 8 nitrogen and oxygen atoms in total. The van der Waals surface area contributed by atoms with Crippen molar-refractivity contribution in [2.45, 2.75) is 20.0 Å². The Morgan fingerprint density at radius 2 is 2.20 bits per heavy atom. The summed E-state index contributed by atoms with van der Waals surface area (Å²) in [6.07, 6.45) is 1.65. The van der Waals surface area contributed by atoms with E-state index in [1.807, 2.05) is 11.5 Å². The van der Waals surface area contributed by atoms with E-state index in [2.05, 4.69) is 20.5 Å². The maximum atomic E-state index is 11.0. The summed E-state index contributed by atoms with van der Waals surface area (Å²) in [4.78, 5) is 11.0. The molecule has 102 valence electrons. The number of hydrogen-bond acceptors (Lipinski definition) is 5. The molecule has 1 aromatic carbocycles. The van der Waals surface area contributed by atoms with Crippen molar-refractivity contribution >= 4 is 17.0 Å². The molecule has 0 aliphatic rings. The molecule has 0 fully saturated rings. The molecule has 0 unspecified atom stereocenters. The van der Waals surface area contributed by atoms with Crippen LogP contribution in [0.15, 0.2) is 24.5 Å². The van der Waals surface area contributed by atoms with Crippen molar-refractivity contribution in [3.63, 3.8) is 0 Å². The molecule has 1 N–H and O–H groups in total. The molecule has 3 rings (SSSR count). The highest BCUT2D eigenvalue weighted by molar-refractivity contribution is 5.92. The number of rotatable bonds is 4. The van der Waals surface area contributed by atoms with E-state index in [1.54, 1.807) is 23.1 Å². The monoisotopic (exact) mass is 272 g/mol. The topological polar surface area (TPSA) is 98.7 Å². The Hall–Kier alpha value is -2.77. The van der Waals surface area contributed by atoms with Crippen molar-refractivity contribution in [2.24, 2.45) is 0 Å². The molecule has 3 aromatic rings. The van der Waals surface area contributed by atoms with E-state index in [-0.39, 0.29) is 5.56 Å². The molecule has 0 bridgehead atoms. The summed E-state index contributed by atoms with van der Waals surface area (Å²) >= 11 is 0. The summed E-state index contributed by atoms with van der Waals surface area (Å²) in [5.41, 5.74) is 1.52. The SMILES string of the molecule is CCn1cnnc1Cn1nnc2ccc(C(=O)O)cc21. The lowest BCUT2D eigenvalue weighted by molar-refractivity contribution is 0.0697. The number of carboxylic acids is 1. The second-order valence-corrected chi connectivity index (χ2v) is 4.29. The van der Waals surface area contributed by atoms with E-state index in [0.29, 0.717) is 17.6 Å². The summed E-state index contributed by atoms with van der Waals surface area (Å²) in [6, 6.07) is 4.72. The summed E-state index contributed by atoms with van der Waals surface area (Å²) in [5, 5.41) is 25.0. The summed E-state index contributed by atoms with van der Waals surface area (Å²) in [6.45, 7) is 3.15. The first-order valence-corrected chi connectivity index (χ1v) is 6.12. The average molecular weight is 272 g/mol. The molecule has 0 aliphatic carbocycles. The third kappa shape index (κ3) is 2.00. The van der Waals surface area contributed by atoms with Gasteiger partial charge in [0.2, 0.25) is 0 Å². The summed E-state index contributed by atoms with van der Waals surface area (Å²) < 4.78 is 3.52. The number of fused-ring (bicyclic) bond motifs is 1. The molecule has 0 amide bonds. The number of nitrogens with zero attached hydrogens (tertiary/aromatic N) is 6. The zero-order valence-electron chi connectivity index (χ0n) is 10.8. The smallest absolute Gasteiger partial charge is 0.335 e. The fourth-order valence-electron chi connectivity index (χ4n) is 2.01. The number of aromatic nitrogens is 6. The predicted octanol–water partition coefficient (Wildman–Crippen LogP) is 0.789. The summed E-state index contributed by atoms with van der Waals surface area (Å²) in [5.74, 6) is -0.226. The van der Waals surface area contributed by atoms with E-state index < -0.39 is 5.97 Å². The minimum Gasteiger partial charge on any atom is -0.478 e. The number of aryl methyl sites for hydroxylation is 1. The molecule has 0 atom stereocenters. The van der Waals surface area contributed by atoms with Crippen LogP contribution in [0.3, 0.4) is 0 Å². The van der Waals surface area contributed by atoms with Gasteiger partial charge in [-0.1, -0.05) is 5.21 Å². The normalized spacial score (nSPS) is 11.1. The second-order valence-electron chi connectivity index (χ2n) is 4.29. The first-order chi connectivity index (χ1) is 9.69. The van der Waals surface area contributed by atoms with Gasteiger partial charge in [-0.05, 0) is 25.1 Å². The van der Waals surface area contributed by atoms with E-state index in [1.165, 1.54) is 6.07 Å². The van der Waals surface area contributed by atoms with Crippen LogP contribution >= 0.6 is 0 Å². The van der Waals surface area contributed by atoms with E-state index in [4.69, 9.17) is 5.11 Å². The maximum Gasteiger partial charge on any atom is 0.335 e. The lowest BCUT2D eigenvalue weighted by Crippen LogP contribution is -2.09. The molecule has 0 radical (unpaired) electrons. The maximum absolute atomic E-state index is 11.0. The quantitative estimate of drug-likeness (QED) is 0.753. The van der Waals surface area contributed by atoms with Crippen molar-refractivity contribution in [1.82, 2.24) is 29.8 Å². The van der Waals surface area contributed by atoms with Crippen LogP contribution in [-0.4, -0.2) is 40.8 Å². The van der Waals surface area contributed by atoms with E-state index in [0.717, 1.165) is 12.4 Å². The van der Waals surface area contributed by atoms with Gasteiger partial charge in [0, 0.05) is 6.54 Å². The second kappa shape index (κ2) is 4.72. The van der Waals surface area contributed by atoms with E-state index >= 15 is 0 Å². The van der Waals surface area contributed by atoms with Crippen molar-refractivity contribution in [3.05, 3.63) is 35.9 Å². The molecule has 0 saturated heterocycles. The first kappa shape index (κ1) is 12.3. The molecule has 2 heterocycles. The minimum atomic E-state index is -0.976. The molecule has 0 saturated carbocycles. The van der Waals surface area contributed by atoms with Crippen LogP contribution in [0, 0.1) is 0 Å². The van der Waals surface area contributed by atoms with Crippen LogP contribution < -0.4 is 0 Å². The van der Waals surface area contributed by atoms with Gasteiger partial charge in [-0.3, -0.25) is 0 Å². The first-order valence-electron chi connectivity index (χ1n) is 6.12. The van der Waals surface area contributed by atoms with Gasteiger partial charge in [-0.2, -0.15) is 0 Å². The lowest BCUT2D eigenvalue weighted by Gasteiger charge is -2.04. The van der Waals surface area contributed by atoms with Gasteiger partial charge in [-0.25, -0.2) is 9.48 Å². The van der Waals surface area contributed by atoms with Crippen LogP contribution in [0.1, 0.15) is 23.1 Å². The highest BCUT2D eigenvalue weighted by Gasteiger charge is 2.11. The molecule has 0 spiro atoms. The highest BCUT2D eigenvalue weighted by atomic mass is 16.4. The van der Waals surface area contributed by atoms with Gasteiger partial charge in [0.1, 0.15) is 18.4 Å². The fourth-order valence-corrected chi connectivity index (χ4v) is 2.01. The fraction of sp³-hybridized carbons (Fsp3) is 0.250. The largest absolute Gasteiger partial charge is 0.478 e. The number of aromatic carboxylic acids is 1. The molecule has 0 aliphatic heterocycles. The van der Waals surface area contributed by atoms with E-state index in [9.17, 15) is 4.79 Å². The third-order valence-electron chi connectivity index (χ3n) is 3.09. The zero-order valence-corrected chi connectivity index (χ0v) is 10.8. The van der Waals surface area contributed by atoms with Crippen molar-refractivity contribution in [2.75, 3.05) is 0 Å². The Morgan fingerprint density at radius 3 is 2.95 bits per heavy atom. The molecule has 20 heavy (non-hydrogen) atoms. The van der Waals surface area contributed by atoms with Crippen molar-refractivity contribution in [3.8, 4) is 0 Å². The average Bonchev–Trinajstić information content (AvgIpc) is 3.05. The molecule has 2 aromatic heterocycles. The number of hydrogen-bond donors (Lipinski definition) is 1. The Labute approximate surface area is 113 Å². The van der Waals surface area contributed by atoms with Gasteiger partial charge < -0.3 is 9.67 Å². The Bertz CT molecular complexity index is 775. The standard InChI is InChI=1S/C12H12N6O2/c1-2-17-7-13-15-11(17)6-18-10-5-8(12(19)20)3-4-9(10)14-16-18/h3-5,7H,2,6H2,1H3,(H,19,20). The van der Waals surface area contributed by atoms with Gasteiger partial charge >= 0.3 is 5.97 Å². The number of benzene rings is 1. The Balaban J connectivity index is 2.03. The van der Waals surface area contributed by atoms with Gasteiger partial charge in [0.25, 0.3) is 0 Å². The highest BCUT2D eigenvalue weighted by Crippen LogP contribution is 2.14. The van der Waals surface area contributed by atoms with Gasteiger partial charge in [-0.15, -0.1) is 15.3 Å². The predicted molar refractivity (Wildman–Crippen MR) is 69.3 cm³/mol. The molecular weight excluding hydrogens is 260 g/mol. The lowest BCUT2D eigenvalue weighted by atomic mass is 10.2. The van der Waals surface area contributed by atoms with Crippen LogP contribution in [0.2, 0.25) is 0 Å². The summed E-state index contributed by atoms with van der Waals surface area (Å²) in [7, 11) is 0. The van der Waals surface area contributed by atoms with Crippen molar-refractivity contribution < 1.29 is 9.90 Å². The third-order valence-corrected chi connectivity index (χ3v) is 3.09. The number of carboxylic acid groups (broad SMARTS) is 1. The van der Waals surface area contributed by atoms with Gasteiger partial charge in [0.05, 0.1) is 11.1 Å². The van der Waals surface area contributed by atoms with Gasteiger partial charge in [0.15, 0.2) is 5.82 Å². The molecular formula is C12H12N6O2. The van der Waals surface area contributed by atoms with Crippen molar-refractivity contribution in [1.29, 1.82) is 0 Å².